The smallest absolute Gasteiger partial charge is 0.0258 e. The monoisotopic (exact) mass is 188 g/mol. The van der Waals surface area contributed by atoms with Gasteiger partial charge in [-0.2, -0.15) is 0 Å². The molecule has 0 unspecified atom stereocenters. The lowest BCUT2D eigenvalue weighted by atomic mass is 10.0. The van der Waals surface area contributed by atoms with Crippen LogP contribution in [0.1, 0.15) is 52.4 Å². The maximum atomic E-state index is 5.64. The van der Waals surface area contributed by atoms with Crippen LogP contribution in [-0.2, 0) is 0 Å². The minimum absolute atomic E-state index is 0.763. The van der Waals surface area contributed by atoms with Gasteiger partial charge in [-0.3, -0.25) is 0 Å². The molecule has 72 valence electrons. The fourth-order valence-electron chi connectivity index (χ4n) is 1.31. The van der Waals surface area contributed by atoms with E-state index in [0.717, 1.165) is 12.3 Å². The van der Waals surface area contributed by atoms with Crippen molar-refractivity contribution in [1.82, 2.24) is 0 Å². The van der Waals surface area contributed by atoms with Gasteiger partial charge in [0.2, 0.25) is 0 Å². The number of halogens is 1. The Morgan fingerprint density at radius 2 is 1.92 bits per heavy atom. The van der Waals surface area contributed by atoms with Crippen molar-refractivity contribution < 1.29 is 0 Å². The maximum Gasteiger partial charge on any atom is 0.0258 e. The molecule has 0 aliphatic heterocycles. The quantitative estimate of drug-likeness (QED) is 0.407. The van der Waals surface area contributed by atoms with Gasteiger partial charge in [-0.25, -0.2) is 0 Å². The van der Waals surface area contributed by atoms with E-state index in [1.165, 1.54) is 32.1 Å². The van der Waals surface area contributed by atoms with Gasteiger partial charge < -0.3 is 0 Å². The van der Waals surface area contributed by atoms with Gasteiger partial charge in [-0.05, 0) is 25.7 Å². The molecule has 0 rings (SSSR count). The van der Waals surface area contributed by atoms with Crippen LogP contribution in [0.25, 0.3) is 0 Å². The van der Waals surface area contributed by atoms with Crippen molar-refractivity contribution in [3.8, 4) is 0 Å². The third-order valence-electron chi connectivity index (χ3n) is 1.96. The van der Waals surface area contributed by atoms with Crippen LogP contribution in [0.2, 0.25) is 0 Å². The van der Waals surface area contributed by atoms with Crippen molar-refractivity contribution in [2.24, 2.45) is 0 Å². The zero-order chi connectivity index (χ0) is 9.23. The molecule has 0 aliphatic carbocycles. The number of unbranched alkanes of at least 4 members (excludes halogenated alkanes) is 1. The van der Waals surface area contributed by atoms with Crippen molar-refractivity contribution in [3.05, 3.63) is 11.6 Å². The van der Waals surface area contributed by atoms with Crippen LogP contribution in [0.5, 0.6) is 0 Å². The molecule has 0 aromatic carbocycles. The molecule has 0 aliphatic rings. The summed E-state index contributed by atoms with van der Waals surface area (Å²) >= 11 is 5.64. The first-order chi connectivity index (χ1) is 5.85. The van der Waals surface area contributed by atoms with Crippen LogP contribution in [0.4, 0.5) is 0 Å². The second kappa shape index (κ2) is 9.12. The highest BCUT2D eigenvalue weighted by atomic mass is 35.5. The van der Waals surface area contributed by atoms with Gasteiger partial charge in [-0.1, -0.05) is 38.3 Å². The van der Waals surface area contributed by atoms with E-state index in [1.807, 2.05) is 0 Å². The Labute approximate surface area is 82.0 Å². The van der Waals surface area contributed by atoms with E-state index in [0.29, 0.717) is 0 Å². The Bertz CT molecular complexity index is 116. The Kier molecular flexibility index (Phi) is 9.14. The summed E-state index contributed by atoms with van der Waals surface area (Å²) in [6, 6.07) is 0. The molecule has 0 heterocycles. The van der Waals surface area contributed by atoms with Gasteiger partial charge >= 0.3 is 0 Å². The zero-order valence-electron chi connectivity index (χ0n) is 8.41. The molecular formula is C11H21Cl. The Morgan fingerprint density at radius 3 is 2.42 bits per heavy atom. The third kappa shape index (κ3) is 6.72. The van der Waals surface area contributed by atoms with Crippen LogP contribution in [0.15, 0.2) is 11.6 Å². The molecule has 0 atom stereocenters. The molecule has 0 aromatic rings. The summed E-state index contributed by atoms with van der Waals surface area (Å²) in [5.74, 6) is 0.763. The fourth-order valence-corrected chi connectivity index (χ4v) is 1.42. The van der Waals surface area contributed by atoms with Crippen LogP contribution in [0, 0.1) is 0 Å². The minimum Gasteiger partial charge on any atom is -0.126 e. The van der Waals surface area contributed by atoms with E-state index in [4.69, 9.17) is 11.6 Å². The second-order valence-electron chi connectivity index (χ2n) is 3.19. The van der Waals surface area contributed by atoms with Crippen molar-refractivity contribution in [1.29, 1.82) is 0 Å². The molecule has 0 saturated heterocycles. The summed E-state index contributed by atoms with van der Waals surface area (Å²) in [6.45, 7) is 4.48. The van der Waals surface area contributed by atoms with Crippen LogP contribution < -0.4 is 0 Å². The lowest BCUT2D eigenvalue weighted by Gasteiger charge is -2.04. The molecular weight excluding hydrogens is 168 g/mol. The topological polar surface area (TPSA) is 0 Å². The first kappa shape index (κ1) is 12.0. The second-order valence-corrected chi connectivity index (χ2v) is 3.57. The largest absolute Gasteiger partial charge is 0.126 e. The van der Waals surface area contributed by atoms with Crippen molar-refractivity contribution in [2.45, 2.75) is 52.4 Å². The highest BCUT2D eigenvalue weighted by Gasteiger charge is 1.94. The van der Waals surface area contributed by atoms with Gasteiger partial charge in [0.1, 0.15) is 0 Å². The van der Waals surface area contributed by atoms with E-state index in [-0.39, 0.29) is 0 Å². The average molecular weight is 189 g/mol. The lowest BCUT2D eigenvalue weighted by Crippen LogP contribution is -1.85. The standard InChI is InChI=1S/C11H21Cl/c1-3-5-8-11(7-4-2)9-6-10-12/h9H,3-8,10H2,1-2H3/b11-9-. The van der Waals surface area contributed by atoms with Crippen LogP contribution in [0.3, 0.4) is 0 Å². The van der Waals surface area contributed by atoms with Crippen LogP contribution in [-0.4, -0.2) is 5.88 Å². The fraction of sp³-hybridized carbons (Fsp3) is 0.818. The van der Waals surface area contributed by atoms with Gasteiger partial charge in [0.25, 0.3) is 0 Å². The molecule has 0 aromatic heterocycles. The maximum absolute atomic E-state index is 5.64. The molecule has 0 amide bonds. The summed E-state index contributed by atoms with van der Waals surface area (Å²) < 4.78 is 0. The lowest BCUT2D eigenvalue weighted by molar-refractivity contribution is 0.739. The number of allylic oxidation sites excluding steroid dienone is 2. The van der Waals surface area contributed by atoms with Gasteiger partial charge in [0, 0.05) is 5.88 Å². The predicted molar refractivity (Wildman–Crippen MR) is 57.9 cm³/mol. The number of hydrogen-bond donors (Lipinski definition) is 0. The Morgan fingerprint density at radius 1 is 1.17 bits per heavy atom. The van der Waals surface area contributed by atoms with Crippen molar-refractivity contribution in [3.63, 3.8) is 0 Å². The summed E-state index contributed by atoms with van der Waals surface area (Å²) in [6.07, 6.45) is 9.79. The molecule has 0 radical (unpaired) electrons. The average Bonchev–Trinajstić information content (AvgIpc) is 2.10. The number of rotatable bonds is 7. The van der Waals surface area contributed by atoms with E-state index in [2.05, 4.69) is 19.9 Å². The molecule has 0 N–H and O–H groups in total. The Hall–Kier alpha value is 0.0300. The van der Waals surface area contributed by atoms with E-state index >= 15 is 0 Å². The molecule has 0 fully saturated rings. The summed E-state index contributed by atoms with van der Waals surface area (Å²) in [7, 11) is 0. The predicted octanol–water partition coefficient (Wildman–Crippen LogP) is 4.53. The highest BCUT2D eigenvalue weighted by Crippen LogP contribution is 2.14. The summed E-state index contributed by atoms with van der Waals surface area (Å²) in [5, 5.41) is 0. The van der Waals surface area contributed by atoms with E-state index < -0.39 is 0 Å². The number of alkyl halides is 1. The molecule has 0 nitrogen and oxygen atoms in total. The molecule has 0 bridgehead atoms. The summed E-state index contributed by atoms with van der Waals surface area (Å²) in [4.78, 5) is 0. The first-order valence-electron chi connectivity index (χ1n) is 5.09. The molecule has 1 heteroatoms. The SMILES string of the molecule is CCCC/C(=C\CCCl)CCC. The number of hydrogen-bond acceptors (Lipinski definition) is 0. The van der Waals surface area contributed by atoms with Crippen molar-refractivity contribution >= 4 is 11.6 Å². The Balaban J connectivity index is 3.68. The molecule has 0 saturated carbocycles. The van der Waals surface area contributed by atoms with E-state index in [9.17, 15) is 0 Å². The van der Waals surface area contributed by atoms with Crippen LogP contribution >= 0.6 is 11.6 Å². The summed E-state index contributed by atoms with van der Waals surface area (Å²) in [5.41, 5.74) is 1.61. The first-order valence-corrected chi connectivity index (χ1v) is 5.62. The van der Waals surface area contributed by atoms with Gasteiger partial charge in [-0.15, -0.1) is 11.6 Å². The van der Waals surface area contributed by atoms with Crippen molar-refractivity contribution in [2.75, 3.05) is 5.88 Å². The molecule has 0 spiro atoms. The normalized spacial score (nSPS) is 12.1. The molecule has 12 heavy (non-hydrogen) atoms. The highest BCUT2D eigenvalue weighted by molar-refractivity contribution is 6.17. The van der Waals surface area contributed by atoms with E-state index in [1.54, 1.807) is 5.57 Å². The zero-order valence-corrected chi connectivity index (χ0v) is 9.16. The third-order valence-corrected chi connectivity index (χ3v) is 2.18. The minimum atomic E-state index is 0.763. The van der Waals surface area contributed by atoms with Gasteiger partial charge in [0.15, 0.2) is 0 Å². The van der Waals surface area contributed by atoms with Gasteiger partial charge in [0.05, 0.1) is 0 Å².